The molecule has 0 saturated heterocycles. The lowest BCUT2D eigenvalue weighted by atomic mass is 9.72. The molecule has 49 heavy (non-hydrogen) atoms. The van der Waals surface area contributed by atoms with Crippen LogP contribution in [0, 0.1) is 5.92 Å². The molecule has 0 aromatic heterocycles. The monoisotopic (exact) mass is 660 g/mol. The minimum Gasteiger partial charge on any atom is -0.489 e. The molecule has 2 atom stereocenters. The second kappa shape index (κ2) is 19.0. The number of esters is 2. The van der Waals surface area contributed by atoms with E-state index in [2.05, 4.69) is 91.0 Å². The van der Waals surface area contributed by atoms with E-state index < -0.39 is 0 Å². The van der Waals surface area contributed by atoms with Crippen molar-refractivity contribution >= 4 is 11.9 Å². The summed E-state index contributed by atoms with van der Waals surface area (Å²) in [4.78, 5) is 23.8. The van der Waals surface area contributed by atoms with Gasteiger partial charge in [0.15, 0.2) is 0 Å². The summed E-state index contributed by atoms with van der Waals surface area (Å²) in [7, 11) is 2.90. The average molecular weight is 661 g/mol. The Morgan fingerprint density at radius 2 is 1.43 bits per heavy atom. The summed E-state index contributed by atoms with van der Waals surface area (Å²) in [6.45, 7) is 0.545. The van der Waals surface area contributed by atoms with Gasteiger partial charge in [-0.15, -0.1) is 0 Å². The Hall–Kier alpha value is -4.38. The van der Waals surface area contributed by atoms with Gasteiger partial charge in [0.25, 0.3) is 0 Å². The van der Waals surface area contributed by atoms with Gasteiger partial charge < -0.3 is 14.2 Å². The number of ether oxygens (including phenoxy) is 3. The highest BCUT2D eigenvalue weighted by Crippen LogP contribution is 2.42. The smallest absolute Gasteiger partial charge is 0.337 e. The van der Waals surface area contributed by atoms with Crippen LogP contribution in [0.5, 0.6) is 5.75 Å². The Bertz CT molecular complexity index is 1610. The number of hydrogen-bond donors (Lipinski definition) is 0. The van der Waals surface area contributed by atoms with Gasteiger partial charge in [-0.05, 0) is 121 Å². The molecule has 0 heterocycles. The molecule has 0 fully saturated rings. The topological polar surface area (TPSA) is 61.8 Å². The summed E-state index contributed by atoms with van der Waals surface area (Å²) < 4.78 is 16.3. The Balaban J connectivity index is 1.22. The van der Waals surface area contributed by atoms with Gasteiger partial charge in [0, 0.05) is 6.42 Å². The van der Waals surface area contributed by atoms with E-state index in [-0.39, 0.29) is 11.9 Å². The molecule has 0 spiro atoms. The number of carbonyl (C=O) groups is 2. The van der Waals surface area contributed by atoms with Crippen molar-refractivity contribution in [2.45, 2.75) is 96.0 Å². The number of hydrogen-bond acceptors (Lipinski definition) is 5. The molecule has 5 rings (SSSR count). The lowest BCUT2D eigenvalue weighted by molar-refractivity contribution is -0.140. The third kappa shape index (κ3) is 10.8. The van der Waals surface area contributed by atoms with Crippen LogP contribution in [0.15, 0.2) is 97.1 Å². The van der Waals surface area contributed by atoms with Gasteiger partial charge in [0.1, 0.15) is 12.4 Å². The first-order chi connectivity index (χ1) is 24.0. The molecule has 5 nitrogen and oxygen atoms in total. The van der Waals surface area contributed by atoms with Crippen molar-refractivity contribution in [1.29, 1.82) is 0 Å². The van der Waals surface area contributed by atoms with Crippen molar-refractivity contribution in [3.05, 3.63) is 136 Å². The Morgan fingerprint density at radius 1 is 0.714 bits per heavy atom. The minimum absolute atomic E-state index is 0.125. The second-order valence-corrected chi connectivity index (χ2v) is 13.4. The molecule has 1 aliphatic carbocycles. The van der Waals surface area contributed by atoms with E-state index >= 15 is 0 Å². The van der Waals surface area contributed by atoms with Gasteiger partial charge in [0.05, 0.1) is 19.8 Å². The van der Waals surface area contributed by atoms with Crippen molar-refractivity contribution in [2.24, 2.45) is 5.92 Å². The van der Waals surface area contributed by atoms with Crippen LogP contribution in [-0.4, -0.2) is 26.2 Å². The maximum absolute atomic E-state index is 12.3. The highest BCUT2D eigenvalue weighted by atomic mass is 16.5. The predicted octanol–water partition coefficient (Wildman–Crippen LogP) is 10.0. The fraction of sp³-hybridized carbons (Fsp3) is 0.409. The first-order valence-electron chi connectivity index (χ1n) is 18.1. The summed E-state index contributed by atoms with van der Waals surface area (Å²) in [6, 6.07) is 34.1. The normalized spacial score (nSPS) is 14.4. The third-order valence-corrected chi connectivity index (χ3v) is 10.1. The number of methoxy groups -OCH3 is 2. The summed E-state index contributed by atoms with van der Waals surface area (Å²) in [6.07, 6.45) is 13.2. The van der Waals surface area contributed by atoms with Crippen LogP contribution in [0.2, 0.25) is 0 Å². The number of unbranched alkanes of at least 4 members (excludes halogenated alkanes) is 3. The standard InChI is InChI=1S/C44H52O5/c1-47-43(45)20-9-4-3-8-15-36(40-18-12-17-38-31-39(44(46)48-2)29-30-41(38)40)27-28-37-16-10-11-19-42(37)49-32-35-25-23-34(24-26-35)22-21-33-13-6-5-7-14-33/h5-7,10-11,13-14,16,19,23-26,29-31,36,40H,3-4,8-9,12,15,17-18,20-22,27-28,32H2,1-2H3. The minimum atomic E-state index is -0.274. The maximum Gasteiger partial charge on any atom is 0.337 e. The van der Waals surface area contributed by atoms with Crippen molar-refractivity contribution in [2.75, 3.05) is 14.2 Å². The lowest BCUT2D eigenvalue weighted by Gasteiger charge is -2.33. The van der Waals surface area contributed by atoms with Crippen LogP contribution in [-0.2, 0) is 46.6 Å². The van der Waals surface area contributed by atoms with Crippen molar-refractivity contribution in [3.63, 3.8) is 0 Å². The van der Waals surface area contributed by atoms with Crippen LogP contribution < -0.4 is 4.74 Å². The molecule has 0 aliphatic heterocycles. The molecule has 0 N–H and O–H groups in total. The predicted molar refractivity (Wildman–Crippen MR) is 196 cm³/mol. The lowest BCUT2D eigenvalue weighted by Crippen LogP contribution is -2.20. The molecule has 0 radical (unpaired) electrons. The molecule has 4 aromatic carbocycles. The third-order valence-electron chi connectivity index (χ3n) is 10.1. The van der Waals surface area contributed by atoms with E-state index in [1.807, 2.05) is 6.07 Å². The number of carbonyl (C=O) groups excluding carboxylic acids is 2. The first kappa shape index (κ1) is 35.9. The highest BCUT2D eigenvalue weighted by Gasteiger charge is 2.28. The fourth-order valence-corrected chi connectivity index (χ4v) is 7.35. The zero-order valence-electron chi connectivity index (χ0n) is 29.3. The summed E-state index contributed by atoms with van der Waals surface area (Å²) in [5.41, 5.74) is 8.45. The number of benzene rings is 4. The summed E-state index contributed by atoms with van der Waals surface area (Å²) in [5, 5.41) is 0. The summed E-state index contributed by atoms with van der Waals surface area (Å²) in [5.74, 6) is 1.53. The van der Waals surface area contributed by atoms with E-state index in [9.17, 15) is 9.59 Å². The van der Waals surface area contributed by atoms with Gasteiger partial charge in [-0.3, -0.25) is 4.79 Å². The van der Waals surface area contributed by atoms with Crippen molar-refractivity contribution in [1.82, 2.24) is 0 Å². The van der Waals surface area contributed by atoms with E-state index in [4.69, 9.17) is 14.2 Å². The Kier molecular flexibility index (Phi) is 13.9. The SMILES string of the molecule is COC(=O)CCCCCCC(CCc1ccccc1OCc1ccc(CCc2ccccc2)cc1)C1CCCc2cc(C(=O)OC)ccc21. The quantitative estimate of drug-likeness (QED) is 0.0785. The molecule has 0 bridgehead atoms. The van der Waals surface area contributed by atoms with E-state index in [0.29, 0.717) is 30.4 Å². The van der Waals surface area contributed by atoms with Gasteiger partial charge in [-0.2, -0.15) is 0 Å². The first-order valence-corrected chi connectivity index (χ1v) is 18.1. The van der Waals surface area contributed by atoms with Crippen LogP contribution >= 0.6 is 0 Å². The van der Waals surface area contributed by atoms with Crippen molar-refractivity contribution < 1.29 is 23.8 Å². The second-order valence-electron chi connectivity index (χ2n) is 13.4. The summed E-state index contributed by atoms with van der Waals surface area (Å²) >= 11 is 0. The largest absolute Gasteiger partial charge is 0.489 e. The Morgan fingerprint density at radius 3 is 2.20 bits per heavy atom. The van der Waals surface area contributed by atoms with Gasteiger partial charge in [-0.25, -0.2) is 4.79 Å². The molecule has 0 amide bonds. The molecule has 2 unspecified atom stereocenters. The molecular weight excluding hydrogens is 608 g/mol. The number of aryl methyl sites for hydroxylation is 4. The molecule has 1 aliphatic rings. The number of para-hydroxylation sites is 1. The average Bonchev–Trinajstić information content (AvgIpc) is 3.16. The van der Waals surface area contributed by atoms with Crippen LogP contribution in [0.1, 0.15) is 107 Å². The van der Waals surface area contributed by atoms with Crippen molar-refractivity contribution in [3.8, 4) is 5.75 Å². The van der Waals surface area contributed by atoms with Gasteiger partial charge >= 0.3 is 11.9 Å². The van der Waals surface area contributed by atoms with Gasteiger partial charge in [0.2, 0.25) is 0 Å². The van der Waals surface area contributed by atoms with Crippen LogP contribution in [0.25, 0.3) is 0 Å². The molecular formula is C44H52O5. The molecule has 5 heteroatoms. The van der Waals surface area contributed by atoms with Gasteiger partial charge in [-0.1, -0.05) is 98.1 Å². The maximum atomic E-state index is 12.3. The molecule has 0 saturated carbocycles. The van der Waals surface area contributed by atoms with Crippen LogP contribution in [0.4, 0.5) is 0 Å². The zero-order valence-corrected chi connectivity index (χ0v) is 29.3. The Labute approximate surface area is 293 Å². The van der Waals surface area contributed by atoms with E-state index in [1.54, 1.807) is 0 Å². The van der Waals surface area contributed by atoms with Crippen LogP contribution in [0.3, 0.4) is 0 Å². The highest BCUT2D eigenvalue weighted by molar-refractivity contribution is 5.89. The molecule has 258 valence electrons. The molecule has 4 aromatic rings. The van der Waals surface area contributed by atoms with E-state index in [1.165, 1.54) is 47.6 Å². The zero-order chi connectivity index (χ0) is 34.3. The van der Waals surface area contributed by atoms with E-state index in [0.717, 1.165) is 82.8 Å². The fourth-order valence-electron chi connectivity index (χ4n) is 7.35. The number of fused-ring (bicyclic) bond motifs is 1. The number of rotatable bonds is 18.